The number of aryl methyl sites for hydroxylation is 3. The zero-order valence-corrected chi connectivity index (χ0v) is 25.1. The van der Waals surface area contributed by atoms with Crippen LogP contribution in [0, 0.1) is 13.8 Å². The Hall–Kier alpha value is -2.95. The van der Waals surface area contributed by atoms with Gasteiger partial charge in [0, 0.05) is 33.3 Å². The van der Waals surface area contributed by atoms with E-state index in [0.717, 1.165) is 60.2 Å². The first-order chi connectivity index (χ1) is 18.9. The Morgan fingerprint density at radius 2 is 1.82 bits per heavy atom. The minimum Gasteiger partial charge on any atom is -0.465 e. The second-order valence-corrected chi connectivity index (χ2v) is 12.9. The van der Waals surface area contributed by atoms with Crippen LogP contribution in [0.5, 0.6) is 0 Å². The van der Waals surface area contributed by atoms with Crippen LogP contribution in [-0.2, 0) is 29.4 Å². The van der Waals surface area contributed by atoms with Crippen molar-refractivity contribution < 1.29 is 14.3 Å². The summed E-state index contributed by atoms with van der Waals surface area (Å²) in [5, 5.41) is 15.2. The average Bonchev–Trinajstić information content (AvgIpc) is 3.57. The van der Waals surface area contributed by atoms with Crippen LogP contribution in [0.1, 0.15) is 56.9 Å². The molecule has 0 fully saturated rings. The van der Waals surface area contributed by atoms with Gasteiger partial charge in [0.05, 0.1) is 18.4 Å². The van der Waals surface area contributed by atoms with Crippen molar-refractivity contribution >= 4 is 51.3 Å². The van der Waals surface area contributed by atoms with Crippen LogP contribution < -0.4 is 5.32 Å². The lowest BCUT2D eigenvalue weighted by molar-refractivity contribution is -0.113. The van der Waals surface area contributed by atoms with Crippen molar-refractivity contribution in [2.45, 2.75) is 57.5 Å². The number of rotatable bonds is 7. The third kappa shape index (κ3) is 5.83. The Labute approximate surface area is 241 Å². The average molecular weight is 581 g/mol. The molecule has 0 aliphatic heterocycles. The lowest BCUT2D eigenvalue weighted by Gasteiger charge is -2.11. The number of nitrogens with zero attached hydrogens (tertiary/aromatic N) is 3. The Morgan fingerprint density at radius 3 is 2.56 bits per heavy atom. The highest BCUT2D eigenvalue weighted by molar-refractivity contribution is 7.99. The van der Waals surface area contributed by atoms with E-state index in [1.807, 2.05) is 11.6 Å². The molecule has 1 N–H and O–H groups in total. The van der Waals surface area contributed by atoms with Gasteiger partial charge < -0.3 is 14.6 Å². The minimum absolute atomic E-state index is 0.155. The number of esters is 1. The zero-order chi connectivity index (χ0) is 27.5. The van der Waals surface area contributed by atoms with Gasteiger partial charge in [0.2, 0.25) is 5.91 Å². The van der Waals surface area contributed by atoms with Crippen LogP contribution in [0.15, 0.2) is 34.8 Å². The number of carbonyl (C=O) groups is 2. The number of carbonyl (C=O) groups excluding carboxylic acids is 2. The van der Waals surface area contributed by atoms with Gasteiger partial charge in [-0.25, -0.2) is 4.79 Å². The molecule has 1 aliphatic carbocycles. The number of ether oxygens (including phenoxy) is 1. The summed E-state index contributed by atoms with van der Waals surface area (Å²) in [6.45, 7) is 4.20. The highest BCUT2D eigenvalue weighted by Gasteiger charge is 2.26. The summed E-state index contributed by atoms with van der Waals surface area (Å²) in [5.41, 5.74) is 6.13. The normalized spacial score (nSPS) is 13.4. The summed E-state index contributed by atoms with van der Waals surface area (Å²) >= 11 is 4.54. The van der Waals surface area contributed by atoms with Crippen molar-refractivity contribution in [3.63, 3.8) is 0 Å². The molecule has 0 spiro atoms. The molecule has 0 atom stereocenters. The van der Waals surface area contributed by atoms with Gasteiger partial charge in [-0.3, -0.25) is 4.79 Å². The second-order valence-electron chi connectivity index (χ2n) is 9.76. The maximum atomic E-state index is 13.0. The SMILES string of the molecule is COC(=O)c1c(NC(=O)CSc2nnc(-c3csc(C)c3-c3ccc(C)cc3)n2C)sc2c1CCCCCC2. The van der Waals surface area contributed by atoms with Crippen LogP contribution in [-0.4, -0.2) is 39.5 Å². The molecule has 204 valence electrons. The number of nitrogens with one attached hydrogen (secondary N) is 1. The van der Waals surface area contributed by atoms with E-state index in [0.29, 0.717) is 15.7 Å². The molecule has 0 saturated carbocycles. The Bertz CT molecular complexity index is 1500. The van der Waals surface area contributed by atoms with E-state index in [4.69, 9.17) is 4.74 Å². The monoisotopic (exact) mass is 580 g/mol. The molecule has 1 amide bonds. The maximum Gasteiger partial charge on any atom is 0.341 e. The number of methoxy groups -OCH3 is 1. The van der Waals surface area contributed by atoms with E-state index < -0.39 is 0 Å². The van der Waals surface area contributed by atoms with Gasteiger partial charge in [-0.2, -0.15) is 0 Å². The molecular formula is C29H32N4O3S3. The molecule has 0 radical (unpaired) electrons. The van der Waals surface area contributed by atoms with Crippen molar-refractivity contribution in [2.75, 3.05) is 18.2 Å². The molecule has 0 unspecified atom stereocenters. The van der Waals surface area contributed by atoms with Crippen molar-refractivity contribution in [1.29, 1.82) is 0 Å². The van der Waals surface area contributed by atoms with E-state index in [1.165, 1.54) is 51.9 Å². The molecule has 3 aromatic heterocycles. The molecule has 0 bridgehead atoms. The van der Waals surface area contributed by atoms with E-state index in [2.05, 4.69) is 59.0 Å². The molecule has 7 nitrogen and oxygen atoms in total. The Kier molecular flexibility index (Phi) is 8.54. The van der Waals surface area contributed by atoms with E-state index in [1.54, 1.807) is 11.3 Å². The Morgan fingerprint density at radius 1 is 1.08 bits per heavy atom. The molecule has 10 heteroatoms. The van der Waals surface area contributed by atoms with Crippen LogP contribution in [0.4, 0.5) is 5.00 Å². The summed E-state index contributed by atoms with van der Waals surface area (Å²) in [7, 11) is 3.32. The number of thiophene rings is 2. The van der Waals surface area contributed by atoms with Gasteiger partial charge in [-0.15, -0.1) is 32.9 Å². The van der Waals surface area contributed by atoms with Gasteiger partial charge in [-0.1, -0.05) is 54.4 Å². The van der Waals surface area contributed by atoms with Gasteiger partial charge in [-0.05, 0) is 50.7 Å². The third-order valence-electron chi connectivity index (χ3n) is 7.04. The summed E-state index contributed by atoms with van der Waals surface area (Å²) in [5.74, 6) is 0.353. The van der Waals surface area contributed by atoms with Crippen molar-refractivity contribution in [1.82, 2.24) is 14.8 Å². The number of amides is 1. The molecule has 3 heterocycles. The first kappa shape index (κ1) is 27.6. The standard InChI is InChI=1S/C29H32N4O3S3/c1-17-11-13-19(14-12-17)24-18(2)37-15-21(24)26-31-32-29(33(26)3)38-16-23(34)30-27-25(28(35)36-4)20-9-7-5-6-8-10-22(20)39-27/h11-15H,5-10,16H2,1-4H3,(H,30,34). The predicted molar refractivity (Wildman–Crippen MR) is 160 cm³/mol. The van der Waals surface area contributed by atoms with E-state index in [9.17, 15) is 9.59 Å². The lowest BCUT2D eigenvalue weighted by Crippen LogP contribution is -2.16. The largest absolute Gasteiger partial charge is 0.465 e. The molecule has 4 aromatic rings. The smallest absolute Gasteiger partial charge is 0.341 e. The Balaban J connectivity index is 1.32. The number of hydrogen-bond donors (Lipinski definition) is 1. The topological polar surface area (TPSA) is 86.1 Å². The number of benzene rings is 1. The highest BCUT2D eigenvalue weighted by atomic mass is 32.2. The molecule has 39 heavy (non-hydrogen) atoms. The summed E-state index contributed by atoms with van der Waals surface area (Å²) in [6.07, 6.45) is 6.27. The molecule has 1 aliphatic rings. The number of thioether (sulfide) groups is 1. The summed E-state index contributed by atoms with van der Waals surface area (Å²) < 4.78 is 7.02. The van der Waals surface area contributed by atoms with Crippen molar-refractivity contribution in [3.8, 4) is 22.5 Å². The maximum absolute atomic E-state index is 13.0. The van der Waals surface area contributed by atoms with Crippen molar-refractivity contribution in [2.24, 2.45) is 7.05 Å². The zero-order valence-electron chi connectivity index (χ0n) is 22.6. The second kappa shape index (κ2) is 12.1. The van der Waals surface area contributed by atoms with Gasteiger partial charge in [0.1, 0.15) is 5.00 Å². The quantitative estimate of drug-likeness (QED) is 0.186. The third-order valence-corrected chi connectivity index (χ3v) is 10.2. The fourth-order valence-electron chi connectivity index (χ4n) is 4.99. The van der Waals surface area contributed by atoms with Crippen molar-refractivity contribution in [3.05, 3.63) is 56.1 Å². The highest BCUT2D eigenvalue weighted by Crippen LogP contribution is 2.40. The first-order valence-electron chi connectivity index (χ1n) is 13.1. The summed E-state index contributed by atoms with van der Waals surface area (Å²) in [6, 6.07) is 8.51. The number of hydrogen-bond acceptors (Lipinski definition) is 8. The van der Waals surface area contributed by atoms with Crippen LogP contribution >= 0.6 is 34.4 Å². The summed E-state index contributed by atoms with van der Waals surface area (Å²) in [4.78, 5) is 28.1. The number of fused-ring (bicyclic) bond motifs is 1. The van der Waals surface area contributed by atoms with Gasteiger partial charge >= 0.3 is 5.97 Å². The number of aromatic nitrogens is 3. The van der Waals surface area contributed by atoms with Crippen LogP contribution in [0.3, 0.4) is 0 Å². The van der Waals surface area contributed by atoms with Gasteiger partial charge in [0.15, 0.2) is 11.0 Å². The minimum atomic E-state index is -0.385. The molecular weight excluding hydrogens is 549 g/mol. The van der Waals surface area contributed by atoms with E-state index >= 15 is 0 Å². The predicted octanol–water partition coefficient (Wildman–Crippen LogP) is 7.07. The first-order valence-corrected chi connectivity index (χ1v) is 15.8. The van der Waals surface area contributed by atoms with E-state index in [-0.39, 0.29) is 17.6 Å². The van der Waals surface area contributed by atoms with Gasteiger partial charge in [0.25, 0.3) is 0 Å². The molecule has 5 rings (SSSR count). The fourth-order valence-corrected chi connectivity index (χ4v) is 7.86. The lowest BCUT2D eigenvalue weighted by atomic mass is 9.96. The molecule has 0 saturated heterocycles. The van der Waals surface area contributed by atoms with Crippen LogP contribution in [0.2, 0.25) is 0 Å². The van der Waals surface area contributed by atoms with Crippen LogP contribution in [0.25, 0.3) is 22.5 Å². The fraction of sp³-hybridized carbons (Fsp3) is 0.379. The number of anilines is 1. The molecule has 1 aromatic carbocycles.